The number of benzene rings is 1. The number of thiophene rings is 1. The van der Waals surface area contributed by atoms with E-state index in [1.54, 1.807) is 35.1 Å². The molecule has 31 heavy (non-hydrogen) atoms. The summed E-state index contributed by atoms with van der Waals surface area (Å²) in [6, 6.07) is 10.3. The first-order chi connectivity index (χ1) is 14.8. The monoisotopic (exact) mass is 483 g/mol. The Hall–Kier alpha value is -2.14. The molecule has 3 heterocycles. The van der Waals surface area contributed by atoms with Gasteiger partial charge in [-0.15, -0.1) is 11.3 Å². The molecule has 1 aromatic heterocycles. The second kappa shape index (κ2) is 8.78. The molecule has 2 aromatic rings. The van der Waals surface area contributed by atoms with Crippen LogP contribution in [0.4, 0.5) is 5.69 Å². The SMILES string of the molecule is COc1ccccc1N1C[C@H](C(=O)N2CCN(S(=O)(=O)c3ccc(Cl)s3)CC2)CC1=O. The first-order valence-electron chi connectivity index (χ1n) is 9.79. The van der Waals surface area contributed by atoms with Gasteiger partial charge in [0.15, 0.2) is 0 Å². The largest absolute Gasteiger partial charge is 0.495 e. The minimum Gasteiger partial charge on any atom is -0.495 e. The van der Waals surface area contributed by atoms with E-state index in [4.69, 9.17) is 16.3 Å². The first-order valence-corrected chi connectivity index (χ1v) is 12.4. The lowest BCUT2D eigenvalue weighted by molar-refractivity contribution is -0.136. The third-order valence-corrected chi connectivity index (χ3v) is 9.14. The molecule has 0 saturated carbocycles. The second-order valence-electron chi connectivity index (χ2n) is 7.37. The predicted molar refractivity (Wildman–Crippen MR) is 118 cm³/mol. The van der Waals surface area contributed by atoms with Gasteiger partial charge in [0.25, 0.3) is 10.0 Å². The molecule has 0 spiro atoms. The molecule has 2 fully saturated rings. The van der Waals surface area contributed by atoms with Crippen molar-refractivity contribution in [1.29, 1.82) is 0 Å². The van der Waals surface area contributed by atoms with Crippen molar-refractivity contribution in [2.24, 2.45) is 5.92 Å². The van der Waals surface area contributed by atoms with Gasteiger partial charge in [-0.3, -0.25) is 9.59 Å². The van der Waals surface area contributed by atoms with Crippen molar-refractivity contribution in [2.75, 3.05) is 44.7 Å². The molecule has 0 unspecified atom stereocenters. The molecule has 166 valence electrons. The highest BCUT2D eigenvalue weighted by Gasteiger charge is 2.39. The summed E-state index contributed by atoms with van der Waals surface area (Å²) in [7, 11) is -2.08. The van der Waals surface area contributed by atoms with Crippen molar-refractivity contribution in [1.82, 2.24) is 9.21 Å². The van der Waals surface area contributed by atoms with E-state index in [2.05, 4.69) is 0 Å². The molecular formula is C20H22ClN3O5S2. The van der Waals surface area contributed by atoms with Crippen LogP contribution in [0.25, 0.3) is 0 Å². The molecule has 4 rings (SSSR count). The summed E-state index contributed by atoms with van der Waals surface area (Å²) in [5, 5.41) is 0. The van der Waals surface area contributed by atoms with E-state index in [9.17, 15) is 18.0 Å². The summed E-state index contributed by atoms with van der Waals surface area (Å²) in [5.41, 5.74) is 0.649. The molecule has 2 aliphatic rings. The van der Waals surface area contributed by atoms with Crippen LogP contribution in [0.1, 0.15) is 6.42 Å². The van der Waals surface area contributed by atoms with Gasteiger partial charge in [-0.2, -0.15) is 4.31 Å². The molecule has 1 aromatic carbocycles. The van der Waals surface area contributed by atoms with Gasteiger partial charge in [0.2, 0.25) is 11.8 Å². The van der Waals surface area contributed by atoms with Gasteiger partial charge in [-0.05, 0) is 24.3 Å². The van der Waals surface area contributed by atoms with E-state index in [0.29, 0.717) is 15.8 Å². The molecule has 0 N–H and O–H groups in total. The Bertz CT molecular complexity index is 1100. The highest BCUT2D eigenvalue weighted by molar-refractivity contribution is 7.91. The fourth-order valence-electron chi connectivity index (χ4n) is 3.93. The van der Waals surface area contributed by atoms with Gasteiger partial charge in [-0.1, -0.05) is 23.7 Å². The summed E-state index contributed by atoms with van der Waals surface area (Å²) >= 11 is 6.89. The standard InChI is InChI=1S/C20H22ClN3O5S2/c1-29-16-5-3-2-4-15(16)24-13-14(12-18(24)25)20(26)22-8-10-23(11-9-22)31(27,28)19-7-6-17(21)30-19/h2-7,14H,8-13H2,1H3/t14-/m1/s1. The molecule has 0 radical (unpaired) electrons. The van der Waals surface area contributed by atoms with Gasteiger partial charge < -0.3 is 14.5 Å². The maximum Gasteiger partial charge on any atom is 0.252 e. The number of hydrogen-bond donors (Lipinski definition) is 0. The average molecular weight is 484 g/mol. The summed E-state index contributed by atoms with van der Waals surface area (Å²) in [6.45, 7) is 1.28. The van der Waals surface area contributed by atoms with Crippen LogP contribution in [0.2, 0.25) is 4.34 Å². The van der Waals surface area contributed by atoms with Gasteiger partial charge in [0.1, 0.15) is 9.96 Å². The molecule has 8 nitrogen and oxygen atoms in total. The summed E-state index contributed by atoms with van der Waals surface area (Å²) < 4.78 is 32.8. The quantitative estimate of drug-likeness (QED) is 0.651. The van der Waals surface area contributed by atoms with Crippen LogP contribution >= 0.6 is 22.9 Å². The first kappa shape index (κ1) is 22.1. The minimum absolute atomic E-state index is 0.123. The number of sulfonamides is 1. The van der Waals surface area contributed by atoms with Gasteiger partial charge in [-0.25, -0.2) is 8.42 Å². The third-order valence-electron chi connectivity index (χ3n) is 5.54. The zero-order chi connectivity index (χ0) is 22.2. The van der Waals surface area contributed by atoms with Crippen LogP contribution in [-0.2, 0) is 19.6 Å². The topological polar surface area (TPSA) is 87.2 Å². The molecule has 2 saturated heterocycles. The average Bonchev–Trinajstić information content (AvgIpc) is 3.39. The van der Waals surface area contributed by atoms with Crippen molar-refractivity contribution in [3.63, 3.8) is 0 Å². The number of piperazine rings is 1. The Labute approximate surface area is 190 Å². The number of nitrogens with zero attached hydrogens (tertiary/aromatic N) is 3. The van der Waals surface area contributed by atoms with E-state index in [1.165, 1.54) is 10.4 Å². The smallest absolute Gasteiger partial charge is 0.252 e. The molecular weight excluding hydrogens is 462 g/mol. The summed E-state index contributed by atoms with van der Waals surface area (Å²) in [5.74, 6) is -0.131. The maximum atomic E-state index is 13.0. The fraction of sp³-hybridized carbons (Fsp3) is 0.400. The molecule has 11 heteroatoms. The number of anilines is 1. The summed E-state index contributed by atoms with van der Waals surface area (Å²) in [4.78, 5) is 28.9. The molecule has 0 bridgehead atoms. The van der Waals surface area contributed by atoms with Crippen LogP contribution in [0.15, 0.2) is 40.6 Å². The van der Waals surface area contributed by atoms with Crippen LogP contribution in [0.3, 0.4) is 0 Å². The van der Waals surface area contributed by atoms with E-state index >= 15 is 0 Å². The Morgan fingerprint density at radius 2 is 1.84 bits per heavy atom. The number of methoxy groups -OCH3 is 1. The number of hydrogen-bond acceptors (Lipinski definition) is 6. The minimum atomic E-state index is -3.62. The normalized spacial score (nSPS) is 20.3. The van der Waals surface area contributed by atoms with Crippen LogP contribution in [0, 0.1) is 5.92 Å². The lowest BCUT2D eigenvalue weighted by atomic mass is 10.1. The Morgan fingerprint density at radius 1 is 1.13 bits per heavy atom. The number of ether oxygens (including phenoxy) is 1. The zero-order valence-electron chi connectivity index (χ0n) is 16.9. The number of halogens is 1. The number of amides is 2. The number of rotatable bonds is 5. The number of para-hydroxylation sites is 2. The summed E-state index contributed by atoms with van der Waals surface area (Å²) in [6.07, 6.45) is 0.128. The Morgan fingerprint density at radius 3 is 2.48 bits per heavy atom. The highest BCUT2D eigenvalue weighted by atomic mass is 35.5. The Balaban J connectivity index is 1.40. The predicted octanol–water partition coefficient (Wildman–Crippen LogP) is 2.30. The lowest BCUT2D eigenvalue weighted by Gasteiger charge is -2.35. The lowest BCUT2D eigenvalue weighted by Crippen LogP contribution is -2.52. The molecule has 0 aliphatic carbocycles. The van der Waals surface area contributed by atoms with Crippen molar-refractivity contribution in [2.45, 2.75) is 10.6 Å². The van der Waals surface area contributed by atoms with Crippen LogP contribution in [-0.4, -0.2) is 69.3 Å². The molecule has 2 aliphatic heterocycles. The maximum absolute atomic E-state index is 13.0. The van der Waals surface area contributed by atoms with E-state index < -0.39 is 15.9 Å². The fourth-order valence-corrected chi connectivity index (χ4v) is 6.99. The van der Waals surface area contributed by atoms with Crippen molar-refractivity contribution in [3.8, 4) is 5.75 Å². The van der Waals surface area contributed by atoms with Crippen molar-refractivity contribution in [3.05, 3.63) is 40.7 Å². The Kier molecular flexibility index (Phi) is 6.25. The van der Waals surface area contributed by atoms with Crippen molar-refractivity contribution < 1.29 is 22.7 Å². The number of carbonyl (C=O) groups excluding carboxylic acids is 2. The van der Waals surface area contributed by atoms with Gasteiger partial charge >= 0.3 is 0 Å². The van der Waals surface area contributed by atoms with Gasteiger partial charge in [0, 0.05) is 39.1 Å². The molecule has 2 amide bonds. The number of carbonyl (C=O) groups is 2. The zero-order valence-corrected chi connectivity index (χ0v) is 19.3. The highest BCUT2D eigenvalue weighted by Crippen LogP contribution is 2.34. The van der Waals surface area contributed by atoms with Crippen LogP contribution < -0.4 is 9.64 Å². The van der Waals surface area contributed by atoms with Crippen molar-refractivity contribution >= 4 is 50.5 Å². The van der Waals surface area contributed by atoms with E-state index in [-0.39, 0.29) is 55.2 Å². The second-order valence-corrected chi connectivity index (χ2v) is 11.2. The molecule has 1 atom stereocenters. The van der Waals surface area contributed by atoms with E-state index in [1.807, 2.05) is 12.1 Å². The van der Waals surface area contributed by atoms with Crippen LogP contribution in [0.5, 0.6) is 5.75 Å². The van der Waals surface area contributed by atoms with Gasteiger partial charge in [0.05, 0.1) is 23.1 Å². The third kappa shape index (κ3) is 4.30. The van der Waals surface area contributed by atoms with E-state index in [0.717, 1.165) is 11.3 Å².